The fourth-order valence-corrected chi connectivity index (χ4v) is 2.51. The molecule has 0 spiro atoms. The van der Waals surface area contributed by atoms with Crippen molar-refractivity contribution in [2.24, 2.45) is 5.92 Å². The second kappa shape index (κ2) is 9.49. The summed E-state index contributed by atoms with van der Waals surface area (Å²) in [6, 6.07) is 0. The number of ether oxygens (including phenoxy) is 1. The summed E-state index contributed by atoms with van der Waals surface area (Å²) in [7, 11) is 0. The fourth-order valence-electron chi connectivity index (χ4n) is 2.51. The minimum atomic E-state index is 0.0204. The van der Waals surface area contributed by atoms with Crippen LogP contribution in [-0.4, -0.2) is 12.6 Å². The van der Waals surface area contributed by atoms with Crippen LogP contribution in [0.3, 0.4) is 0 Å². The van der Waals surface area contributed by atoms with Crippen molar-refractivity contribution in [2.45, 2.75) is 77.6 Å². The smallest absolute Gasteiger partial charge is 0.305 e. The Bertz CT molecular complexity index is 195. The highest BCUT2D eigenvalue weighted by atomic mass is 16.5. The summed E-state index contributed by atoms with van der Waals surface area (Å²) >= 11 is 0. The van der Waals surface area contributed by atoms with E-state index in [1.165, 1.54) is 57.8 Å². The van der Waals surface area contributed by atoms with Gasteiger partial charge in [0.15, 0.2) is 0 Å². The SMILES string of the molecule is CCCCCCCC(=O)OCC1CCCCC1. The van der Waals surface area contributed by atoms with E-state index in [9.17, 15) is 4.79 Å². The van der Waals surface area contributed by atoms with E-state index in [-0.39, 0.29) is 5.97 Å². The van der Waals surface area contributed by atoms with E-state index >= 15 is 0 Å². The number of esters is 1. The quantitative estimate of drug-likeness (QED) is 0.462. The maximum absolute atomic E-state index is 11.5. The van der Waals surface area contributed by atoms with Gasteiger partial charge < -0.3 is 4.74 Å². The van der Waals surface area contributed by atoms with Gasteiger partial charge in [-0.15, -0.1) is 0 Å². The molecular formula is C15H28O2. The number of hydrogen-bond donors (Lipinski definition) is 0. The molecule has 1 saturated carbocycles. The van der Waals surface area contributed by atoms with Crippen molar-refractivity contribution < 1.29 is 9.53 Å². The van der Waals surface area contributed by atoms with Gasteiger partial charge in [0.1, 0.15) is 0 Å². The number of rotatable bonds is 8. The van der Waals surface area contributed by atoms with Crippen LogP contribution in [0.4, 0.5) is 0 Å². The van der Waals surface area contributed by atoms with Gasteiger partial charge in [-0.05, 0) is 25.2 Å². The van der Waals surface area contributed by atoms with E-state index < -0.39 is 0 Å². The molecule has 0 radical (unpaired) electrons. The first-order chi connectivity index (χ1) is 8.33. The molecule has 1 rings (SSSR count). The predicted octanol–water partition coefficient (Wildman–Crippen LogP) is 4.47. The summed E-state index contributed by atoms with van der Waals surface area (Å²) in [5, 5.41) is 0. The molecule has 0 bridgehead atoms. The molecule has 2 nitrogen and oxygen atoms in total. The highest BCUT2D eigenvalue weighted by molar-refractivity contribution is 5.69. The number of carbonyl (C=O) groups excluding carboxylic acids is 1. The Morgan fingerprint density at radius 2 is 1.76 bits per heavy atom. The van der Waals surface area contributed by atoms with Crippen LogP contribution < -0.4 is 0 Å². The van der Waals surface area contributed by atoms with Crippen LogP contribution in [0.15, 0.2) is 0 Å². The maximum Gasteiger partial charge on any atom is 0.305 e. The van der Waals surface area contributed by atoms with E-state index in [4.69, 9.17) is 4.74 Å². The molecule has 0 aromatic heterocycles. The van der Waals surface area contributed by atoms with Gasteiger partial charge >= 0.3 is 5.97 Å². The normalized spacial score (nSPS) is 17.0. The molecule has 0 amide bonds. The molecule has 0 unspecified atom stereocenters. The summed E-state index contributed by atoms with van der Waals surface area (Å²) in [5.41, 5.74) is 0. The molecule has 0 heterocycles. The third kappa shape index (κ3) is 7.40. The lowest BCUT2D eigenvalue weighted by atomic mass is 9.90. The number of hydrogen-bond acceptors (Lipinski definition) is 2. The summed E-state index contributed by atoms with van der Waals surface area (Å²) in [4.78, 5) is 11.5. The first kappa shape index (κ1) is 14.5. The van der Waals surface area contributed by atoms with E-state index in [2.05, 4.69) is 6.92 Å². The Kier molecular flexibility index (Phi) is 8.12. The van der Waals surface area contributed by atoms with Crippen LogP contribution in [0.1, 0.15) is 77.6 Å². The van der Waals surface area contributed by atoms with Crippen molar-refractivity contribution in [3.05, 3.63) is 0 Å². The average molecular weight is 240 g/mol. The predicted molar refractivity (Wildman–Crippen MR) is 70.9 cm³/mol. The lowest BCUT2D eigenvalue weighted by molar-refractivity contribution is -0.145. The molecule has 0 saturated heterocycles. The molecule has 0 aliphatic heterocycles. The molecule has 0 atom stereocenters. The van der Waals surface area contributed by atoms with Gasteiger partial charge in [-0.25, -0.2) is 0 Å². The fraction of sp³-hybridized carbons (Fsp3) is 0.933. The van der Waals surface area contributed by atoms with Crippen LogP contribution in [0.2, 0.25) is 0 Å². The van der Waals surface area contributed by atoms with Crippen LogP contribution in [0, 0.1) is 5.92 Å². The molecule has 17 heavy (non-hydrogen) atoms. The maximum atomic E-state index is 11.5. The zero-order chi connectivity index (χ0) is 12.3. The molecule has 1 aliphatic carbocycles. The summed E-state index contributed by atoms with van der Waals surface area (Å²) < 4.78 is 5.35. The molecule has 1 aliphatic rings. The van der Waals surface area contributed by atoms with E-state index in [0.717, 1.165) is 6.42 Å². The Balaban J connectivity index is 1.93. The summed E-state index contributed by atoms with van der Waals surface area (Å²) in [6.45, 7) is 2.88. The molecule has 2 heteroatoms. The van der Waals surface area contributed by atoms with Gasteiger partial charge in [-0.1, -0.05) is 51.9 Å². The molecule has 0 aromatic carbocycles. The Morgan fingerprint density at radius 3 is 2.47 bits per heavy atom. The highest BCUT2D eigenvalue weighted by Crippen LogP contribution is 2.23. The first-order valence-corrected chi connectivity index (χ1v) is 7.48. The molecule has 0 N–H and O–H groups in total. The Hall–Kier alpha value is -0.530. The standard InChI is InChI=1S/C15H28O2/c1-2-3-4-5-9-12-15(16)17-13-14-10-7-6-8-11-14/h14H,2-13H2,1H3. The third-order valence-corrected chi connectivity index (χ3v) is 3.69. The second-order valence-corrected chi connectivity index (χ2v) is 5.35. The number of unbranched alkanes of at least 4 members (excludes halogenated alkanes) is 4. The summed E-state index contributed by atoms with van der Waals surface area (Å²) in [5.74, 6) is 0.667. The third-order valence-electron chi connectivity index (χ3n) is 3.69. The lowest BCUT2D eigenvalue weighted by Gasteiger charge is -2.20. The molecular weight excluding hydrogens is 212 g/mol. The lowest BCUT2D eigenvalue weighted by Crippen LogP contribution is -2.16. The van der Waals surface area contributed by atoms with Gasteiger partial charge in [-0.3, -0.25) is 4.79 Å². The van der Waals surface area contributed by atoms with E-state index in [0.29, 0.717) is 18.9 Å². The van der Waals surface area contributed by atoms with Crippen molar-refractivity contribution in [3.63, 3.8) is 0 Å². The zero-order valence-electron chi connectivity index (χ0n) is 11.4. The Morgan fingerprint density at radius 1 is 1.06 bits per heavy atom. The first-order valence-electron chi connectivity index (χ1n) is 7.48. The van der Waals surface area contributed by atoms with Gasteiger partial charge in [0.25, 0.3) is 0 Å². The zero-order valence-corrected chi connectivity index (χ0v) is 11.4. The monoisotopic (exact) mass is 240 g/mol. The van der Waals surface area contributed by atoms with Crippen LogP contribution in [-0.2, 0) is 9.53 Å². The topological polar surface area (TPSA) is 26.3 Å². The highest BCUT2D eigenvalue weighted by Gasteiger charge is 2.15. The van der Waals surface area contributed by atoms with E-state index in [1.54, 1.807) is 0 Å². The van der Waals surface area contributed by atoms with E-state index in [1.807, 2.05) is 0 Å². The van der Waals surface area contributed by atoms with Crippen LogP contribution in [0.25, 0.3) is 0 Å². The van der Waals surface area contributed by atoms with Crippen molar-refractivity contribution >= 4 is 5.97 Å². The van der Waals surface area contributed by atoms with Gasteiger partial charge in [0.2, 0.25) is 0 Å². The van der Waals surface area contributed by atoms with Crippen LogP contribution in [0.5, 0.6) is 0 Å². The van der Waals surface area contributed by atoms with Gasteiger partial charge in [-0.2, -0.15) is 0 Å². The minimum Gasteiger partial charge on any atom is -0.465 e. The minimum absolute atomic E-state index is 0.0204. The number of carbonyl (C=O) groups is 1. The van der Waals surface area contributed by atoms with Crippen molar-refractivity contribution in [2.75, 3.05) is 6.61 Å². The van der Waals surface area contributed by atoms with Gasteiger partial charge in [0, 0.05) is 6.42 Å². The second-order valence-electron chi connectivity index (χ2n) is 5.35. The average Bonchev–Trinajstić information content (AvgIpc) is 2.37. The van der Waals surface area contributed by atoms with Crippen molar-refractivity contribution in [1.29, 1.82) is 0 Å². The van der Waals surface area contributed by atoms with Crippen molar-refractivity contribution in [1.82, 2.24) is 0 Å². The Labute approximate surface area is 106 Å². The molecule has 1 fully saturated rings. The molecule has 100 valence electrons. The van der Waals surface area contributed by atoms with Crippen molar-refractivity contribution in [3.8, 4) is 0 Å². The van der Waals surface area contributed by atoms with Crippen LogP contribution >= 0.6 is 0 Å². The van der Waals surface area contributed by atoms with Gasteiger partial charge in [0.05, 0.1) is 6.61 Å². The largest absolute Gasteiger partial charge is 0.465 e. The summed E-state index contributed by atoms with van der Waals surface area (Å²) in [6.07, 6.45) is 13.1. The molecule has 0 aromatic rings.